The number of phenolic OH excluding ortho intramolecular Hbond substituents is 1. The lowest BCUT2D eigenvalue weighted by atomic mass is 10.0. The molecular weight excluding hydrogens is 274 g/mol. The predicted octanol–water partition coefficient (Wildman–Crippen LogP) is 2.29. The lowest BCUT2D eigenvalue weighted by Crippen LogP contribution is -2.47. The molecule has 0 aliphatic heterocycles. The molecule has 1 unspecified atom stereocenters. The molecule has 2 N–H and O–H groups in total. The number of benzene rings is 1. The minimum Gasteiger partial charge on any atom is -0.508 e. The van der Waals surface area contributed by atoms with Crippen molar-refractivity contribution in [3.63, 3.8) is 0 Å². The smallest absolute Gasteiger partial charge is 0.378 e. The first kappa shape index (κ1) is 15.9. The number of carboxylic acid groups (broad SMARTS) is 1. The molecule has 1 aromatic carbocycles. The Morgan fingerprint density at radius 1 is 1.20 bits per heavy atom. The zero-order chi connectivity index (χ0) is 15.5. The Kier molecular flexibility index (Phi) is 4.65. The minimum absolute atomic E-state index is 0.0605. The summed E-state index contributed by atoms with van der Waals surface area (Å²) < 4.78 is 31.6. The highest BCUT2D eigenvalue weighted by molar-refractivity contribution is 5.90. The molecule has 0 aromatic heterocycles. The summed E-state index contributed by atoms with van der Waals surface area (Å²) in [7, 11) is 0. The zero-order valence-electron chi connectivity index (χ0n) is 10.8. The van der Waals surface area contributed by atoms with Crippen LogP contribution in [0.4, 0.5) is 8.78 Å². The van der Waals surface area contributed by atoms with Gasteiger partial charge in [0.2, 0.25) is 0 Å². The van der Waals surface area contributed by atoms with Crippen molar-refractivity contribution >= 4 is 11.9 Å². The second-order valence-electron chi connectivity index (χ2n) is 4.54. The van der Waals surface area contributed by atoms with Crippen LogP contribution in [0, 0.1) is 5.92 Å². The molecule has 0 radical (unpaired) electrons. The number of rotatable bonds is 5. The summed E-state index contributed by atoms with van der Waals surface area (Å²) in [5.74, 6) is -8.60. The molecule has 1 aromatic rings. The molecule has 5 nitrogen and oxygen atoms in total. The molecular formula is C13H14F2O5. The third kappa shape index (κ3) is 3.43. The van der Waals surface area contributed by atoms with Crippen LogP contribution in [0.2, 0.25) is 0 Å². The van der Waals surface area contributed by atoms with E-state index in [0.29, 0.717) is 0 Å². The summed E-state index contributed by atoms with van der Waals surface area (Å²) in [5.41, 5.74) is -0.0605. The number of carbonyl (C=O) groups is 2. The Balaban J connectivity index is 2.94. The Bertz CT molecular complexity index is 496. The standard InChI is InChI=1S/C13H14F2O5/c1-7(2)10(13(14,15)12(18)19)20-11(17)8-3-5-9(16)6-4-8/h3-7,10,16H,1-2H3,(H,18,19). The van der Waals surface area contributed by atoms with Crippen molar-refractivity contribution in [3.8, 4) is 5.75 Å². The molecule has 0 aliphatic rings. The first-order valence-corrected chi connectivity index (χ1v) is 5.77. The number of aliphatic carboxylic acids is 1. The van der Waals surface area contributed by atoms with Gasteiger partial charge in [-0.05, 0) is 30.2 Å². The first-order chi connectivity index (χ1) is 9.16. The number of carboxylic acids is 1. The second kappa shape index (κ2) is 5.85. The van der Waals surface area contributed by atoms with Gasteiger partial charge in [0, 0.05) is 0 Å². The van der Waals surface area contributed by atoms with E-state index in [9.17, 15) is 18.4 Å². The van der Waals surface area contributed by atoms with Gasteiger partial charge in [0.05, 0.1) is 5.56 Å². The topological polar surface area (TPSA) is 83.8 Å². The van der Waals surface area contributed by atoms with E-state index in [4.69, 9.17) is 10.2 Å². The number of esters is 1. The lowest BCUT2D eigenvalue weighted by Gasteiger charge is -2.26. The van der Waals surface area contributed by atoms with Gasteiger partial charge in [0.1, 0.15) is 5.75 Å². The molecule has 110 valence electrons. The Morgan fingerprint density at radius 2 is 1.70 bits per heavy atom. The fourth-order valence-corrected chi connectivity index (χ4v) is 1.53. The molecule has 0 aliphatic carbocycles. The van der Waals surface area contributed by atoms with Gasteiger partial charge < -0.3 is 14.9 Å². The van der Waals surface area contributed by atoms with Crippen LogP contribution < -0.4 is 0 Å². The van der Waals surface area contributed by atoms with Crippen molar-refractivity contribution in [3.05, 3.63) is 29.8 Å². The molecule has 0 amide bonds. The van der Waals surface area contributed by atoms with Crippen molar-refractivity contribution in [2.75, 3.05) is 0 Å². The van der Waals surface area contributed by atoms with Gasteiger partial charge in [-0.2, -0.15) is 8.78 Å². The molecule has 0 saturated carbocycles. The van der Waals surface area contributed by atoms with Crippen LogP contribution in [0.15, 0.2) is 24.3 Å². The summed E-state index contributed by atoms with van der Waals surface area (Å²) in [6.07, 6.45) is -2.08. The highest BCUT2D eigenvalue weighted by Gasteiger charge is 2.51. The summed E-state index contributed by atoms with van der Waals surface area (Å²) in [4.78, 5) is 22.3. The quantitative estimate of drug-likeness (QED) is 0.812. The number of hydrogen-bond acceptors (Lipinski definition) is 4. The number of halogens is 2. The van der Waals surface area contributed by atoms with E-state index >= 15 is 0 Å². The summed E-state index contributed by atoms with van der Waals surface area (Å²) in [6, 6.07) is 4.76. The third-order valence-corrected chi connectivity index (χ3v) is 2.58. The van der Waals surface area contributed by atoms with Crippen molar-refractivity contribution in [1.29, 1.82) is 0 Å². The van der Waals surface area contributed by atoms with E-state index in [1.165, 1.54) is 38.1 Å². The maximum Gasteiger partial charge on any atom is 0.378 e. The van der Waals surface area contributed by atoms with E-state index in [-0.39, 0.29) is 11.3 Å². The van der Waals surface area contributed by atoms with Crippen LogP contribution in [-0.2, 0) is 9.53 Å². The average Bonchev–Trinajstić information content (AvgIpc) is 2.35. The lowest BCUT2D eigenvalue weighted by molar-refractivity contribution is -0.187. The van der Waals surface area contributed by atoms with Crippen LogP contribution in [0.1, 0.15) is 24.2 Å². The maximum atomic E-state index is 13.5. The van der Waals surface area contributed by atoms with Crippen LogP contribution in [0.25, 0.3) is 0 Å². The number of carbonyl (C=O) groups excluding carboxylic acids is 1. The van der Waals surface area contributed by atoms with Crippen molar-refractivity contribution in [2.45, 2.75) is 25.9 Å². The van der Waals surface area contributed by atoms with E-state index < -0.39 is 29.9 Å². The Hall–Kier alpha value is -2.18. The molecule has 1 atom stereocenters. The SMILES string of the molecule is CC(C)C(OC(=O)c1ccc(O)cc1)C(F)(F)C(=O)O. The normalized spacial score (nSPS) is 13.1. The predicted molar refractivity (Wildman–Crippen MR) is 64.7 cm³/mol. The van der Waals surface area contributed by atoms with Crippen molar-refractivity contribution < 1.29 is 33.3 Å². The van der Waals surface area contributed by atoms with E-state index in [1.807, 2.05) is 0 Å². The monoisotopic (exact) mass is 288 g/mol. The van der Waals surface area contributed by atoms with Gasteiger partial charge in [0.15, 0.2) is 6.10 Å². The molecule has 0 heterocycles. The van der Waals surface area contributed by atoms with Gasteiger partial charge in [0.25, 0.3) is 0 Å². The number of phenols is 1. The van der Waals surface area contributed by atoms with Crippen molar-refractivity contribution in [1.82, 2.24) is 0 Å². The molecule has 0 bridgehead atoms. The average molecular weight is 288 g/mol. The summed E-state index contributed by atoms with van der Waals surface area (Å²) >= 11 is 0. The van der Waals surface area contributed by atoms with Crippen LogP contribution in [0.5, 0.6) is 5.75 Å². The van der Waals surface area contributed by atoms with Gasteiger partial charge in [-0.15, -0.1) is 0 Å². The van der Waals surface area contributed by atoms with Gasteiger partial charge >= 0.3 is 17.9 Å². The maximum absolute atomic E-state index is 13.5. The van der Waals surface area contributed by atoms with E-state index in [0.717, 1.165) is 0 Å². The number of hydrogen-bond donors (Lipinski definition) is 2. The highest BCUT2D eigenvalue weighted by Crippen LogP contribution is 2.28. The zero-order valence-corrected chi connectivity index (χ0v) is 10.8. The number of aromatic hydroxyl groups is 1. The Labute approximate surface area is 113 Å². The summed E-state index contributed by atoms with van der Waals surface area (Å²) in [6.45, 7) is 2.65. The fourth-order valence-electron chi connectivity index (χ4n) is 1.53. The Morgan fingerprint density at radius 3 is 2.10 bits per heavy atom. The second-order valence-corrected chi connectivity index (χ2v) is 4.54. The summed E-state index contributed by atoms with van der Waals surface area (Å²) in [5, 5.41) is 17.6. The van der Waals surface area contributed by atoms with Gasteiger partial charge in [-0.25, -0.2) is 9.59 Å². The fraction of sp³-hybridized carbons (Fsp3) is 0.385. The third-order valence-electron chi connectivity index (χ3n) is 2.58. The van der Waals surface area contributed by atoms with Crippen LogP contribution in [0.3, 0.4) is 0 Å². The molecule has 20 heavy (non-hydrogen) atoms. The molecule has 0 fully saturated rings. The van der Waals surface area contributed by atoms with Gasteiger partial charge in [-0.3, -0.25) is 0 Å². The number of alkyl halides is 2. The molecule has 1 rings (SSSR count). The highest BCUT2D eigenvalue weighted by atomic mass is 19.3. The van der Waals surface area contributed by atoms with E-state index in [1.54, 1.807) is 0 Å². The van der Waals surface area contributed by atoms with Crippen LogP contribution in [-0.4, -0.2) is 34.2 Å². The van der Waals surface area contributed by atoms with Gasteiger partial charge in [-0.1, -0.05) is 13.8 Å². The number of ether oxygens (including phenoxy) is 1. The first-order valence-electron chi connectivity index (χ1n) is 5.77. The molecule has 0 saturated heterocycles. The van der Waals surface area contributed by atoms with E-state index in [2.05, 4.69) is 4.74 Å². The van der Waals surface area contributed by atoms with Crippen molar-refractivity contribution in [2.24, 2.45) is 5.92 Å². The molecule has 0 spiro atoms. The molecule has 7 heteroatoms. The minimum atomic E-state index is -4.18. The van der Waals surface area contributed by atoms with Crippen LogP contribution >= 0.6 is 0 Å². The largest absolute Gasteiger partial charge is 0.508 e.